The van der Waals surface area contributed by atoms with Crippen LogP contribution < -0.4 is 0 Å². The van der Waals surface area contributed by atoms with Crippen molar-refractivity contribution in [3.05, 3.63) is 35.9 Å². The minimum Gasteiger partial charge on any atom is -0.339 e. The first-order chi connectivity index (χ1) is 11.8. The van der Waals surface area contributed by atoms with Gasteiger partial charge in [-0.1, -0.05) is 42.1 Å². The second-order valence-corrected chi connectivity index (χ2v) is 7.44. The number of carbonyl (C=O) groups is 1. The van der Waals surface area contributed by atoms with E-state index in [0.29, 0.717) is 17.8 Å². The zero-order valence-electron chi connectivity index (χ0n) is 13.5. The highest BCUT2D eigenvalue weighted by Gasteiger charge is 2.31. The minimum absolute atomic E-state index is 0.198. The number of rotatable bonds is 6. The Kier molecular flexibility index (Phi) is 4.51. The van der Waals surface area contributed by atoms with Crippen LogP contribution in [0.3, 0.4) is 0 Å². The van der Waals surface area contributed by atoms with Gasteiger partial charge >= 0.3 is 0 Å². The fourth-order valence-corrected chi connectivity index (χ4v) is 4.13. The van der Waals surface area contributed by atoms with Gasteiger partial charge in [0.1, 0.15) is 0 Å². The van der Waals surface area contributed by atoms with Crippen molar-refractivity contribution in [1.29, 1.82) is 0 Å². The van der Waals surface area contributed by atoms with Crippen molar-refractivity contribution in [2.45, 2.75) is 49.3 Å². The molecule has 2 aliphatic rings. The lowest BCUT2D eigenvalue weighted by molar-refractivity contribution is -0.129. The van der Waals surface area contributed by atoms with Gasteiger partial charge in [-0.15, -0.1) is 5.10 Å². The molecular weight excluding hydrogens is 322 g/mol. The van der Waals surface area contributed by atoms with Crippen molar-refractivity contribution in [3.63, 3.8) is 0 Å². The number of tetrazole rings is 1. The summed E-state index contributed by atoms with van der Waals surface area (Å²) < 4.78 is 1.86. The fourth-order valence-electron chi connectivity index (χ4n) is 3.30. The fraction of sp³-hybridized carbons (Fsp3) is 0.529. The van der Waals surface area contributed by atoms with Crippen LogP contribution in [0.4, 0.5) is 0 Å². The number of hydrogen-bond acceptors (Lipinski definition) is 5. The van der Waals surface area contributed by atoms with Crippen molar-refractivity contribution in [3.8, 4) is 0 Å². The van der Waals surface area contributed by atoms with Gasteiger partial charge in [-0.2, -0.15) is 0 Å². The first-order valence-corrected chi connectivity index (χ1v) is 9.54. The molecule has 0 bridgehead atoms. The third-order valence-electron chi connectivity index (χ3n) is 4.69. The third kappa shape index (κ3) is 3.45. The molecule has 2 fully saturated rings. The lowest BCUT2D eigenvalue weighted by atomic mass is 10.0. The van der Waals surface area contributed by atoms with Gasteiger partial charge < -0.3 is 4.90 Å². The average Bonchev–Trinajstić information content (AvgIpc) is 3.16. The molecule has 6 nitrogen and oxygen atoms in total. The van der Waals surface area contributed by atoms with Crippen molar-refractivity contribution < 1.29 is 4.79 Å². The first kappa shape index (κ1) is 15.6. The summed E-state index contributed by atoms with van der Waals surface area (Å²) in [6, 6.07) is 11.2. The second kappa shape index (κ2) is 6.93. The van der Waals surface area contributed by atoms with Gasteiger partial charge in [0.15, 0.2) is 0 Å². The lowest BCUT2D eigenvalue weighted by Gasteiger charge is -2.24. The maximum Gasteiger partial charge on any atom is 0.233 e. The van der Waals surface area contributed by atoms with E-state index in [1.807, 2.05) is 15.6 Å². The molecule has 126 valence electrons. The second-order valence-electron chi connectivity index (χ2n) is 6.50. The van der Waals surface area contributed by atoms with Crippen LogP contribution in [0.5, 0.6) is 0 Å². The monoisotopic (exact) mass is 343 g/mol. The molecule has 4 rings (SSSR count). The molecule has 2 heterocycles. The molecule has 1 amide bonds. The van der Waals surface area contributed by atoms with E-state index in [0.717, 1.165) is 43.8 Å². The summed E-state index contributed by atoms with van der Waals surface area (Å²) in [5.41, 5.74) is 1.30. The van der Waals surface area contributed by atoms with Crippen LogP contribution >= 0.6 is 11.8 Å². The summed E-state index contributed by atoms with van der Waals surface area (Å²) >= 11 is 1.46. The molecule has 7 heteroatoms. The molecule has 1 aliphatic carbocycles. The highest BCUT2D eigenvalue weighted by molar-refractivity contribution is 7.99. The quantitative estimate of drug-likeness (QED) is 0.753. The van der Waals surface area contributed by atoms with Crippen LogP contribution in [0.2, 0.25) is 0 Å². The van der Waals surface area contributed by atoms with Gasteiger partial charge in [-0.05, 0) is 48.1 Å². The van der Waals surface area contributed by atoms with E-state index in [4.69, 9.17) is 0 Å². The van der Waals surface area contributed by atoms with Gasteiger partial charge in [0.2, 0.25) is 11.1 Å². The SMILES string of the molecule is O=C(CSc1nnnn1C1CC1)N1CCCC1Cc1ccccc1. The molecule has 1 aromatic heterocycles. The molecule has 2 aromatic rings. The number of thioether (sulfide) groups is 1. The topological polar surface area (TPSA) is 63.9 Å². The largest absolute Gasteiger partial charge is 0.339 e. The molecule has 1 aliphatic heterocycles. The summed E-state index contributed by atoms with van der Waals surface area (Å²) in [6.45, 7) is 0.866. The molecule has 1 aromatic carbocycles. The van der Waals surface area contributed by atoms with Crippen molar-refractivity contribution in [2.75, 3.05) is 12.3 Å². The number of likely N-dealkylation sites (tertiary alicyclic amines) is 1. The van der Waals surface area contributed by atoms with Crippen LogP contribution in [0.25, 0.3) is 0 Å². The zero-order valence-corrected chi connectivity index (χ0v) is 14.4. The minimum atomic E-state index is 0.198. The van der Waals surface area contributed by atoms with E-state index < -0.39 is 0 Å². The highest BCUT2D eigenvalue weighted by Crippen LogP contribution is 2.36. The Labute approximate surface area is 145 Å². The van der Waals surface area contributed by atoms with Gasteiger partial charge in [0, 0.05) is 12.6 Å². The Morgan fingerprint density at radius 3 is 2.83 bits per heavy atom. The molecule has 1 saturated carbocycles. The van der Waals surface area contributed by atoms with Crippen LogP contribution in [-0.4, -0.2) is 49.4 Å². The summed E-state index contributed by atoms with van der Waals surface area (Å²) in [4.78, 5) is 14.7. The van der Waals surface area contributed by atoms with E-state index >= 15 is 0 Å². The maximum atomic E-state index is 12.7. The standard InChI is InChI=1S/C17H21N5OS/c23-16(12-24-17-18-19-20-22(17)14-8-9-14)21-10-4-7-15(21)11-13-5-2-1-3-6-13/h1-3,5-6,14-15H,4,7-12H2. The van der Waals surface area contributed by atoms with Crippen LogP contribution in [-0.2, 0) is 11.2 Å². The predicted octanol–water partition coefficient (Wildman–Crippen LogP) is 2.33. The molecule has 0 N–H and O–H groups in total. The van der Waals surface area contributed by atoms with Crippen LogP contribution in [0.15, 0.2) is 35.5 Å². The lowest BCUT2D eigenvalue weighted by Crippen LogP contribution is -2.38. The molecule has 1 saturated heterocycles. The number of aromatic nitrogens is 4. The molecular formula is C17H21N5OS. The van der Waals surface area contributed by atoms with E-state index in [2.05, 4.69) is 39.8 Å². The summed E-state index contributed by atoms with van der Waals surface area (Å²) in [5.74, 6) is 0.613. The Morgan fingerprint density at radius 1 is 1.21 bits per heavy atom. The Balaban J connectivity index is 1.35. The normalized spacial score (nSPS) is 20.5. The van der Waals surface area contributed by atoms with Crippen molar-refractivity contribution in [1.82, 2.24) is 25.1 Å². The van der Waals surface area contributed by atoms with E-state index in [-0.39, 0.29) is 5.91 Å². The summed E-state index contributed by atoms with van der Waals surface area (Å²) in [5, 5.41) is 12.6. The zero-order chi connectivity index (χ0) is 16.4. The molecule has 1 atom stereocenters. The smallest absolute Gasteiger partial charge is 0.233 e. The van der Waals surface area contributed by atoms with Gasteiger partial charge in [-0.25, -0.2) is 4.68 Å². The van der Waals surface area contributed by atoms with Crippen LogP contribution in [0.1, 0.15) is 37.3 Å². The Morgan fingerprint density at radius 2 is 2.04 bits per heavy atom. The maximum absolute atomic E-state index is 12.7. The number of hydrogen-bond donors (Lipinski definition) is 0. The van der Waals surface area contributed by atoms with Gasteiger partial charge in [0.25, 0.3) is 0 Å². The predicted molar refractivity (Wildman–Crippen MR) is 91.7 cm³/mol. The van der Waals surface area contributed by atoms with E-state index in [1.165, 1.54) is 17.3 Å². The number of nitrogens with zero attached hydrogens (tertiary/aromatic N) is 5. The van der Waals surface area contributed by atoms with Gasteiger partial charge in [0.05, 0.1) is 11.8 Å². The molecule has 0 radical (unpaired) electrons. The molecule has 1 unspecified atom stereocenters. The van der Waals surface area contributed by atoms with E-state index in [9.17, 15) is 4.79 Å². The van der Waals surface area contributed by atoms with Crippen LogP contribution in [0, 0.1) is 0 Å². The number of amides is 1. The molecule has 0 spiro atoms. The Hall–Kier alpha value is -1.89. The summed E-state index contributed by atoms with van der Waals surface area (Å²) in [6.07, 6.45) is 5.39. The number of carbonyl (C=O) groups excluding carboxylic acids is 1. The average molecular weight is 343 g/mol. The Bertz CT molecular complexity index is 700. The number of benzene rings is 1. The van der Waals surface area contributed by atoms with Crippen molar-refractivity contribution >= 4 is 17.7 Å². The first-order valence-electron chi connectivity index (χ1n) is 8.55. The third-order valence-corrected chi connectivity index (χ3v) is 5.61. The van der Waals surface area contributed by atoms with E-state index in [1.54, 1.807) is 0 Å². The molecule has 24 heavy (non-hydrogen) atoms. The highest BCUT2D eigenvalue weighted by atomic mass is 32.2. The summed E-state index contributed by atoms with van der Waals surface area (Å²) in [7, 11) is 0. The van der Waals surface area contributed by atoms with Gasteiger partial charge in [-0.3, -0.25) is 4.79 Å². The van der Waals surface area contributed by atoms with Crippen molar-refractivity contribution in [2.24, 2.45) is 0 Å².